The van der Waals surface area contributed by atoms with Crippen LogP contribution in [0.5, 0.6) is 0 Å². The molecular formula is C30H56ClNO4. The monoisotopic (exact) mass is 529 g/mol. The van der Waals surface area contributed by atoms with Gasteiger partial charge in [0, 0.05) is 13.0 Å². The number of carbonyl (C=O) groups is 1. The first-order valence-corrected chi connectivity index (χ1v) is 14.1. The Bertz CT molecular complexity index is 571. The summed E-state index contributed by atoms with van der Waals surface area (Å²) in [6.07, 6.45) is 19.0. The topological polar surface area (TPSA) is 70.0 Å². The second kappa shape index (κ2) is 28.4. The highest BCUT2D eigenvalue weighted by Gasteiger charge is 2.07. The zero-order valence-electron chi connectivity index (χ0n) is 23.5. The van der Waals surface area contributed by atoms with E-state index >= 15 is 0 Å². The molecule has 1 rings (SSSR count). The Balaban J connectivity index is 0. The van der Waals surface area contributed by atoms with Gasteiger partial charge in [0.1, 0.15) is 12.7 Å². The van der Waals surface area contributed by atoms with Crippen molar-refractivity contribution < 1.29 is 19.7 Å². The van der Waals surface area contributed by atoms with Crippen molar-refractivity contribution in [3.8, 4) is 0 Å². The van der Waals surface area contributed by atoms with E-state index in [0.29, 0.717) is 6.42 Å². The molecular weight excluding hydrogens is 474 g/mol. The number of aliphatic hydroxyl groups is 2. The van der Waals surface area contributed by atoms with E-state index in [-0.39, 0.29) is 31.6 Å². The van der Waals surface area contributed by atoms with Gasteiger partial charge in [-0.3, -0.25) is 4.79 Å². The van der Waals surface area contributed by atoms with Crippen molar-refractivity contribution in [1.29, 1.82) is 0 Å². The van der Waals surface area contributed by atoms with Crippen molar-refractivity contribution in [2.24, 2.45) is 0 Å². The van der Waals surface area contributed by atoms with Gasteiger partial charge in [-0.05, 0) is 26.1 Å². The SMILES string of the molecule is CCCCCCCCCCCCCCCCCC(=O)OCC(O)CO.CN(C)Cc1ccccc1.Cl. The van der Waals surface area contributed by atoms with Crippen LogP contribution in [0.2, 0.25) is 0 Å². The van der Waals surface area contributed by atoms with Crippen molar-refractivity contribution >= 4 is 18.4 Å². The van der Waals surface area contributed by atoms with Crippen LogP contribution in [0, 0.1) is 0 Å². The fourth-order valence-corrected chi connectivity index (χ4v) is 3.90. The molecule has 2 N–H and O–H groups in total. The number of halogens is 1. The van der Waals surface area contributed by atoms with E-state index < -0.39 is 6.10 Å². The third-order valence-electron chi connectivity index (χ3n) is 5.97. The van der Waals surface area contributed by atoms with Gasteiger partial charge in [0.05, 0.1) is 6.61 Å². The fourth-order valence-electron chi connectivity index (χ4n) is 3.90. The quantitative estimate of drug-likeness (QED) is 0.129. The number of benzene rings is 1. The molecule has 0 radical (unpaired) electrons. The van der Waals surface area contributed by atoms with Crippen molar-refractivity contribution in [2.45, 2.75) is 122 Å². The van der Waals surface area contributed by atoms with Gasteiger partial charge in [-0.25, -0.2) is 0 Å². The molecule has 0 saturated heterocycles. The molecule has 212 valence electrons. The van der Waals surface area contributed by atoms with Crippen LogP contribution in [0.15, 0.2) is 30.3 Å². The van der Waals surface area contributed by atoms with E-state index in [1.54, 1.807) is 0 Å². The zero-order valence-corrected chi connectivity index (χ0v) is 24.3. The van der Waals surface area contributed by atoms with E-state index in [1.807, 2.05) is 6.07 Å². The van der Waals surface area contributed by atoms with Crippen LogP contribution in [0.4, 0.5) is 0 Å². The summed E-state index contributed by atoms with van der Waals surface area (Å²) in [4.78, 5) is 13.5. The molecule has 1 atom stereocenters. The summed E-state index contributed by atoms with van der Waals surface area (Å²) in [5.41, 5.74) is 1.37. The maximum absolute atomic E-state index is 11.4. The van der Waals surface area contributed by atoms with Crippen LogP contribution in [-0.2, 0) is 16.1 Å². The molecule has 5 nitrogen and oxygen atoms in total. The molecule has 0 amide bonds. The van der Waals surface area contributed by atoms with E-state index in [4.69, 9.17) is 14.9 Å². The summed E-state index contributed by atoms with van der Waals surface area (Å²) >= 11 is 0. The summed E-state index contributed by atoms with van der Waals surface area (Å²) in [6, 6.07) is 10.5. The molecule has 0 saturated carbocycles. The van der Waals surface area contributed by atoms with E-state index in [1.165, 1.54) is 89.0 Å². The van der Waals surface area contributed by atoms with Crippen LogP contribution in [0.25, 0.3) is 0 Å². The number of carbonyl (C=O) groups excluding carboxylic acids is 1. The van der Waals surface area contributed by atoms with Gasteiger partial charge in [-0.15, -0.1) is 12.4 Å². The lowest BCUT2D eigenvalue weighted by molar-refractivity contribution is -0.147. The molecule has 36 heavy (non-hydrogen) atoms. The van der Waals surface area contributed by atoms with Gasteiger partial charge in [0.25, 0.3) is 0 Å². The standard InChI is InChI=1S/C21H42O4.C9H13N.ClH/c1-2-3-4-5-6-7-8-9-10-11-12-13-14-15-16-17-21(24)25-19-20(23)18-22;1-10(2)8-9-6-4-3-5-7-9;/h20,22-23H,2-19H2,1H3;3-7H,8H2,1-2H3;1H. The Morgan fingerprint density at radius 2 is 1.25 bits per heavy atom. The Morgan fingerprint density at radius 1 is 0.806 bits per heavy atom. The first-order valence-electron chi connectivity index (χ1n) is 14.1. The summed E-state index contributed by atoms with van der Waals surface area (Å²) in [7, 11) is 4.15. The van der Waals surface area contributed by atoms with Gasteiger partial charge in [0.15, 0.2) is 0 Å². The molecule has 6 heteroatoms. The average molecular weight is 530 g/mol. The number of unbranched alkanes of at least 4 members (excludes halogenated alkanes) is 14. The minimum atomic E-state index is -0.954. The number of aliphatic hydroxyl groups excluding tert-OH is 2. The lowest BCUT2D eigenvalue weighted by Crippen LogP contribution is -2.21. The van der Waals surface area contributed by atoms with Crippen LogP contribution < -0.4 is 0 Å². The number of nitrogens with zero attached hydrogens (tertiary/aromatic N) is 1. The van der Waals surface area contributed by atoms with Crippen molar-refractivity contribution in [2.75, 3.05) is 27.3 Å². The van der Waals surface area contributed by atoms with Gasteiger partial charge >= 0.3 is 5.97 Å². The van der Waals surface area contributed by atoms with Crippen LogP contribution >= 0.6 is 12.4 Å². The molecule has 0 spiro atoms. The highest BCUT2D eigenvalue weighted by atomic mass is 35.5. The highest BCUT2D eigenvalue weighted by Crippen LogP contribution is 2.13. The van der Waals surface area contributed by atoms with Crippen molar-refractivity contribution in [3.63, 3.8) is 0 Å². The predicted octanol–water partition coefficient (Wildman–Crippen LogP) is 7.31. The number of hydrogen-bond acceptors (Lipinski definition) is 5. The van der Waals surface area contributed by atoms with Crippen molar-refractivity contribution in [1.82, 2.24) is 4.90 Å². The van der Waals surface area contributed by atoms with Crippen LogP contribution in [0.3, 0.4) is 0 Å². The summed E-state index contributed by atoms with van der Waals surface area (Å²) in [5, 5.41) is 17.7. The van der Waals surface area contributed by atoms with Gasteiger partial charge < -0.3 is 19.8 Å². The molecule has 0 aromatic heterocycles. The molecule has 0 aliphatic heterocycles. The van der Waals surface area contributed by atoms with Crippen LogP contribution in [-0.4, -0.2) is 54.5 Å². The second-order valence-electron chi connectivity index (χ2n) is 9.94. The average Bonchev–Trinajstić information content (AvgIpc) is 2.85. The molecule has 1 aromatic carbocycles. The molecule has 0 fully saturated rings. The minimum Gasteiger partial charge on any atom is -0.463 e. The van der Waals surface area contributed by atoms with E-state index in [0.717, 1.165) is 19.4 Å². The first kappa shape index (κ1) is 37.0. The molecule has 0 aliphatic rings. The summed E-state index contributed by atoms with van der Waals surface area (Å²) < 4.78 is 4.86. The molecule has 0 heterocycles. The highest BCUT2D eigenvalue weighted by molar-refractivity contribution is 5.85. The number of hydrogen-bond donors (Lipinski definition) is 2. The van der Waals surface area contributed by atoms with Gasteiger partial charge in [-0.1, -0.05) is 127 Å². The summed E-state index contributed by atoms with van der Waals surface area (Å²) in [6.45, 7) is 2.82. The molecule has 0 aliphatic carbocycles. The predicted molar refractivity (Wildman–Crippen MR) is 155 cm³/mol. The number of esters is 1. The van der Waals surface area contributed by atoms with Crippen molar-refractivity contribution in [3.05, 3.63) is 35.9 Å². The van der Waals surface area contributed by atoms with Gasteiger partial charge in [-0.2, -0.15) is 0 Å². The van der Waals surface area contributed by atoms with Gasteiger partial charge in [0.2, 0.25) is 0 Å². The lowest BCUT2D eigenvalue weighted by Gasteiger charge is -2.08. The molecule has 1 aromatic rings. The van der Waals surface area contributed by atoms with E-state index in [9.17, 15) is 4.79 Å². The third-order valence-corrected chi connectivity index (χ3v) is 5.97. The Kier molecular flexibility index (Phi) is 29.2. The third kappa shape index (κ3) is 27.4. The Hall–Kier alpha value is -1.14. The largest absolute Gasteiger partial charge is 0.463 e. The lowest BCUT2D eigenvalue weighted by atomic mass is 10.0. The Morgan fingerprint density at radius 3 is 1.67 bits per heavy atom. The minimum absolute atomic E-state index is 0. The molecule has 1 unspecified atom stereocenters. The number of rotatable bonds is 21. The Labute approximate surface area is 228 Å². The number of ether oxygens (including phenoxy) is 1. The summed E-state index contributed by atoms with van der Waals surface area (Å²) in [5.74, 6) is -0.276. The van der Waals surface area contributed by atoms with E-state index in [2.05, 4.69) is 50.2 Å². The fraction of sp³-hybridized carbons (Fsp3) is 0.767. The first-order chi connectivity index (χ1) is 17.0. The molecule has 0 bridgehead atoms. The zero-order chi connectivity index (χ0) is 26.0. The maximum atomic E-state index is 11.4. The van der Waals surface area contributed by atoms with Crippen LogP contribution in [0.1, 0.15) is 115 Å². The maximum Gasteiger partial charge on any atom is 0.305 e. The normalized spacial score (nSPS) is 11.4. The second-order valence-corrected chi connectivity index (χ2v) is 9.94. The smallest absolute Gasteiger partial charge is 0.305 e.